The second kappa shape index (κ2) is 5.60. The van der Waals surface area contributed by atoms with Crippen molar-refractivity contribution in [3.8, 4) is 0 Å². The van der Waals surface area contributed by atoms with Crippen LogP contribution in [0.1, 0.15) is 58.8 Å². The molecule has 1 spiro atoms. The highest BCUT2D eigenvalue weighted by Crippen LogP contribution is 2.75. The molecule has 4 saturated carbocycles. The van der Waals surface area contributed by atoms with E-state index in [1.807, 2.05) is 0 Å². The van der Waals surface area contributed by atoms with Crippen molar-refractivity contribution in [1.29, 1.82) is 0 Å². The third-order valence-electron chi connectivity index (χ3n) is 7.02. The highest BCUT2D eigenvalue weighted by molar-refractivity contribution is 6.00. The molecule has 5 rings (SSSR count). The van der Waals surface area contributed by atoms with Crippen LogP contribution >= 0.6 is 0 Å². The van der Waals surface area contributed by atoms with Gasteiger partial charge in [0, 0.05) is 0 Å². The van der Waals surface area contributed by atoms with Crippen molar-refractivity contribution in [2.45, 2.75) is 58.8 Å². The fraction of sp³-hybridized carbons (Fsp3) is 0.800. The number of esters is 2. The summed E-state index contributed by atoms with van der Waals surface area (Å²) in [7, 11) is 0. The Morgan fingerprint density at radius 2 is 1.83 bits per heavy atom. The molecule has 0 N–H and O–H groups in total. The second-order valence-corrected chi connectivity index (χ2v) is 8.24. The molecule has 5 aliphatic rings. The molecule has 0 aromatic rings. The first-order valence-corrected chi connectivity index (χ1v) is 9.61. The summed E-state index contributed by atoms with van der Waals surface area (Å²) in [6.45, 7) is 4.23. The summed E-state index contributed by atoms with van der Waals surface area (Å²) in [6.07, 6.45) is 9.80. The molecule has 0 aromatic heterocycles. The Hall–Kier alpha value is -1.32. The van der Waals surface area contributed by atoms with Crippen molar-refractivity contribution in [2.24, 2.45) is 28.6 Å². The maximum atomic E-state index is 12.8. The largest absolute Gasteiger partial charge is 0.465 e. The zero-order valence-corrected chi connectivity index (χ0v) is 14.8. The summed E-state index contributed by atoms with van der Waals surface area (Å²) in [4.78, 5) is 25.5. The normalized spacial score (nSPS) is 38.2. The fourth-order valence-corrected chi connectivity index (χ4v) is 6.50. The van der Waals surface area contributed by atoms with Gasteiger partial charge in [-0.05, 0) is 82.0 Å². The van der Waals surface area contributed by atoms with Gasteiger partial charge in [0.25, 0.3) is 0 Å². The number of rotatable bonds is 4. The molecule has 5 aliphatic carbocycles. The molecule has 4 fully saturated rings. The Morgan fingerprint density at radius 1 is 1.12 bits per heavy atom. The Morgan fingerprint density at radius 3 is 2.50 bits per heavy atom. The van der Waals surface area contributed by atoms with Crippen molar-refractivity contribution in [2.75, 3.05) is 13.2 Å². The fourth-order valence-electron chi connectivity index (χ4n) is 6.50. The lowest BCUT2D eigenvalue weighted by Crippen LogP contribution is -2.60. The number of fused-ring (bicyclic) bond motifs is 3. The number of hydrogen-bond acceptors (Lipinski definition) is 4. The number of allylic oxidation sites excluding steroid dienone is 2. The molecular formula is C20H28O4. The molecule has 0 amide bonds. The first-order valence-electron chi connectivity index (χ1n) is 9.61. The van der Waals surface area contributed by atoms with Gasteiger partial charge in [0.2, 0.25) is 0 Å². The molecule has 4 heteroatoms. The van der Waals surface area contributed by atoms with Gasteiger partial charge in [-0.3, -0.25) is 9.59 Å². The maximum Gasteiger partial charge on any atom is 0.323 e. The van der Waals surface area contributed by atoms with Gasteiger partial charge < -0.3 is 9.47 Å². The Balaban J connectivity index is 1.66. The minimum absolute atomic E-state index is 0.142. The van der Waals surface area contributed by atoms with E-state index in [1.165, 1.54) is 25.7 Å². The maximum absolute atomic E-state index is 12.8. The number of carbonyl (C=O) groups is 2. The van der Waals surface area contributed by atoms with Gasteiger partial charge in [0.15, 0.2) is 5.41 Å². The molecule has 0 aliphatic heterocycles. The van der Waals surface area contributed by atoms with E-state index >= 15 is 0 Å². The first kappa shape index (κ1) is 16.2. The van der Waals surface area contributed by atoms with Crippen LogP contribution in [0.3, 0.4) is 0 Å². The SMILES string of the molecule is CCOC(=O)C1(C(=O)OCC)C[C@@H]2C[C@]3(C[C@@H]4CCCC=C4[C@@H]23)C1. The number of hydrogen-bond donors (Lipinski definition) is 0. The number of ether oxygens (including phenoxy) is 2. The topological polar surface area (TPSA) is 52.6 Å². The quantitative estimate of drug-likeness (QED) is 0.448. The summed E-state index contributed by atoms with van der Waals surface area (Å²) < 4.78 is 10.7. The van der Waals surface area contributed by atoms with Crippen molar-refractivity contribution < 1.29 is 19.1 Å². The van der Waals surface area contributed by atoms with Gasteiger partial charge >= 0.3 is 11.9 Å². The van der Waals surface area contributed by atoms with E-state index < -0.39 is 5.41 Å². The predicted octanol–water partition coefficient (Wildman–Crippen LogP) is 3.65. The van der Waals surface area contributed by atoms with E-state index in [-0.39, 0.29) is 17.4 Å². The van der Waals surface area contributed by atoms with Crippen LogP contribution in [0.2, 0.25) is 0 Å². The molecule has 4 atom stereocenters. The molecule has 0 radical (unpaired) electrons. The van der Waals surface area contributed by atoms with Crippen LogP contribution < -0.4 is 0 Å². The van der Waals surface area contributed by atoms with Crippen LogP contribution in [0.5, 0.6) is 0 Å². The molecule has 0 saturated heterocycles. The molecule has 2 bridgehead atoms. The summed E-state index contributed by atoms with van der Waals surface area (Å²) in [5, 5.41) is 0. The van der Waals surface area contributed by atoms with Crippen LogP contribution in [0, 0.1) is 28.6 Å². The lowest BCUT2D eigenvalue weighted by molar-refractivity contribution is -0.196. The van der Waals surface area contributed by atoms with E-state index in [9.17, 15) is 9.59 Å². The lowest BCUT2D eigenvalue weighted by atomic mass is 9.42. The first-order chi connectivity index (χ1) is 11.6. The van der Waals surface area contributed by atoms with Gasteiger partial charge in [-0.1, -0.05) is 11.6 Å². The van der Waals surface area contributed by atoms with Crippen LogP contribution in [0.15, 0.2) is 11.6 Å². The molecule has 0 heterocycles. The number of carbonyl (C=O) groups excluding carboxylic acids is 2. The van der Waals surface area contributed by atoms with E-state index in [1.54, 1.807) is 19.4 Å². The highest BCUT2D eigenvalue weighted by atomic mass is 16.6. The van der Waals surface area contributed by atoms with Crippen molar-refractivity contribution in [1.82, 2.24) is 0 Å². The molecule has 132 valence electrons. The third-order valence-corrected chi connectivity index (χ3v) is 7.02. The van der Waals surface area contributed by atoms with Crippen LogP contribution in [0.25, 0.3) is 0 Å². The average molecular weight is 332 g/mol. The van der Waals surface area contributed by atoms with Gasteiger partial charge in [-0.25, -0.2) is 0 Å². The molecular weight excluding hydrogens is 304 g/mol. The van der Waals surface area contributed by atoms with Gasteiger partial charge in [-0.2, -0.15) is 0 Å². The van der Waals surface area contributed by atoms with Crippen LogP contribution in [-0.2, 0) is 19.1 Å². The van der Waals surface area contributed by atoms with Crippen LogP contribution in [-0.4, -0.2) is 25.2 Å². The standard InChI is InChI=1S/C20H28O4/c1-3-23-17(21)20(18(22)24-4-2)11-14-10-19(12-20)9-13-7-5-6-8-15(13)16(14)19/h8,13-14,16H,3-7,9-12H2,1-2H3/t13-,14-,16+,19+/m0/s1. The van der Waals surface area contributed by atoms with Gasteiger partial charge in [-0.15, -0.1) is 0 Å². The summed E-state index contributed by atoms with van der Waals surface area (Å²) in [5.41, 5.74) is 0.738. The molecule has 0 unspecified atom stereocenters. The van der Waals surface area contributed by atoms with E-state index in [0.29, 0.717) is 43.8 Å². The van der Waals surface area contributed by atoms with E-state index in [0.717, 1.165) is 6.42 Å². The minimum Gasteiger partial charge on any atom is -0.465 e. The predicted molar refractivity (Wildman–Crippen MR) is 89.0 cm³/mol. The summed E-state index contributed by atoms with van der Waals surface area (Å²) >= 11 is 0. The zero-order valence-electron chi connectivity index (χ0n) is 14.8. The van der Waals surface area contributed by atoms with Crippen molar-refractivity contribution >= 4 is 11.9 Å². The average Bonchev–Trinajstić information content (AvgIpc) is 2.82. The Kier molecular flexibility index (Phi) is 3.77. The molecule has 4 nitrogen and oxygen atoms in total. The minimum atomic E-state index is -1.06. The highest BCUT2D eigenvalue weighted by Gasteiger charge is 2.71. The lowest BCUT2D eigenvalue weighted by Gasteiger charge is -2.61. The Labute approximate surface area is 144 Å². The summed E-state index contributed by atoms with van der Waals surface area (Å²) in [5.74, 6) is 1.04. The second-order valence-electron chi connectivity index (χ2n) is 8.24. The van der Waals surface area contributed by atoms with Crippen LogP contribution in [0.4, 0.5) is 0 Å². The molecule has 24 heavy (non-hydrogen) atoms. The monoisotopic (exact) mass is 332 g/mol. The van der Waals surface area contributed by atoms with E-state index in [2.05, 4.69) is 6.08 Å². The van der Waals surface area contributed by atoms with Gasteiger partial charge in [0.05, 0.1) is 13.2 Å². The van der Waals surface area contributed by atoms with Crippen molar-refractivity contribution in [3.63, 3.8) is 0 Å². The zero-order chi connectivity index (χ0) is 16.9. The Bertz CT molecular complexity index is 574. The smallest absolute Gasteiger partial charge is 0.323 e. The third kappa shape index (κ3) is 2.04. The van der Waals surface area contributed by atoms with Gasteiger partial charge in [0.1, 0.15) is 0 Å². The summed E-state index contributed by atoms with van der Waals surface area (Å²) in [6, 6.07) is 0. The molecule has 0 aromatic carbocycles. The van der Waals surface area contributed by atoms with Crippen molar-refractivity contribution in [3.05, 3.63) is 11.6 Å². The van der Waals surface area contributed by atoms with E-state index in [4.69, 9.17) is 9.47 Å².